The van der Waals surface area contributed by atoms with E-state index in [9.17, 15) is 8.42 Å². The molecule has 0 fully saturated rings. The highest BCUT2D eigenvalue weighted by molar-refractivity contribution is 7.90. The highest BCUT2D eigenvalue weighted by Crippen LogP contribution is 2.34. The Morgan fingerprint density at radius 3 is 2.00 bits per heavy atom. The van der Waals surface area contributed by atoms with Crippen LogP contribution in [0.3, 0.4) is 0 Å². The first kappa shape index (κ1) is 13.8. The molecule has 6 heteroatoms. The molecule has 0 aliphatic carbocycles. The summed E-state index contributed by atoms with van der Waals surface area (Å²) in [5.74, 6) is 0.838. The Labute approximate surface area is 101 Å². The predicted molar refractivity (Wildman–Crippen MR) is 65.3 cm³/mol. The number of benzene rings is 1. The van der Waals surface area contributed by atoms with E-state index in [4.69, 9.17) is 15.2 Å². The van der Waals surface area contributed by atoms with Crippen molar-refractivity contribution in [2.75, 3.05) is 20.5 Å². The molecule has 96 valence electrons. The molecule has 1 atom stereocenters. The first-order chi connectivity index (χ1) is 7.81. The summed E-state index contributed by atoms with van der Waals surface area (Å²) in [6.45, 7) is 1.72. The SMILES string of the molecule is COc1cc(C(C)N)c(S(C)(=O)=O)cc1OC. The molecule has 0 heterocycles. The van der Waals surface area contributed by atoms with Gasteiger partial charge in [-0.05, 0) is 18.6 Å². The lowest BCUT2D eigenvalue weighted by Gasteiger charge is -2.15. The molecule has 0 saturated heterocycles. The van der Waals surface area contributed by atoms with Gasteiger partial charge in [0.2, 0.25) is 0 Å². The molecule has 1 aromatic carbocycles. The molecule has 0 bridgehead atoms. The molecule has 0 aliphatic heterocycles. The van der Waals surface area contributed by atoms with Crippen molar-refractivity contribution < 1.29 is 17.9 Å². The highest BCUT2D eigenvalue weighted by atomic mass is 32.2. The summed E-state index contributed by atoms with van der Waals surface area (Å²) in [5.41, 5.74) is 6.28. The van der Waals surface area contributed by atoms with Gasteiger partial charge in [0.15, 0.2) is 21.3 Å². The number of rotatable bonds is 4. The summed E-state index contributed by atoms with van der Waals surface area (Å²) >= 11 is 0. The monoisotopic (exact) mass is 259 g/mol. The molecule has 0 radical (unpaired) electrons. The molecule has 0 aromatic heterocycles. The summed E-state index contributed by atoms with van der Waals surface area (Å²) in [4.78, 5) is 0.171. The van der Waals surface area contributed by atoms with E-state index in [-0.39, 0.29) is 4.90 Å². The second kappa shape index (κ2) is 4.93. The third kappa shape index (κ3) is 2.89. The molecule has 1 unspecified atom stereocenters. The van der Waals surface area contributed by atoms with E-state index >= 15 is 0 Å². The van der Waals surface area contributed by atoms with Crippen LogP contribution in [-0.4, -0.2) is 28.9 Å². The molecule has 1 aromatic rings. The smallest absolute Gasteiger partial charge is 0.175 e. The van der Waals surface area contributed by atoms with Gasteiger partial charge in [0.05, 0.1) is 19.1 Å². The Morgan fingerprint density at radius 1 is 1.18 bits per heavy atom. The van der Waals surface area contributed by atoms with Gasteiger partial charge in [-0.25, -0.2) is 8.42 Å². The van der Waals surface area contributed by atoms with Crippen molar-refractivity contribution in [1.29, 1.82) is 0 Å². The van der Waals surface area contributed by atoms with Crippen LogP contribution in [0.15, 0.2) is 17.0 Å². The fourth-order valence-electron chi connectivity index (χ4n) is 1.55. The van der Waals surface area contributed by atoms with E-state index < -0.39 is 15.9 Å². The van der Waals surface area contributed by atoms with Crippen LogP contribution in [0.5, 0.6) is 11.5 Å². The maximum absolute atomic E-state index is 11.7. The second-order valence-corrected chi connectivity index (χ2v) is 5.79. The zero-order valence-corrected chi connectivity index (χ0v) is 11.2. The highest BCUT2D eigenvalue weighted by Gasteiger charge is 2.20. The van der Waals surface area contributed by atoms with Crippen LogP contribution < -0.4 is 15.2 Å². The Kier molecular flexibility index (Phi) is 4.00. The Hall–Kier alpha value is -1.27. The van der Waals surface area contributed by atoms with Gasteiger partial charge in [0.1, 0.15) is 0 Å². The van der Waals surface area contributed by atoms with Crippen LogP contribution in [0.25, 0.3) is 0 Å². The fraction of sp³-hybridized carbons (Fsp3) is 0.455. The maximum atomic E-state index is 11.7. The van der Waals surface area contributed by atoms with Gasteiger partial charge in [0.25, 0.3) is 0 Å². The van der Waals surface area contributed by atoms with E-state index in [1.807, 2.05) is 0 Å². The normalized spacial score (nSPS) is 13.2. The summed E-state index contributed by atoms with van der Waals surface area (Å²) < 4.78 is 33.5. The van der Waals surface area contributed by atoms with Crippen molar-refractivity contribution in [2.45, 2.75) is 17.9 Å². The summed E-state index contributed by atoms with van der Waals surface area (Å²) in [7, 11) is -0.409. The number of nitrogens with two attached hydrogens (primary N) is 1. The van der Waals surface area contributed by atoms with Gasteiger partial charge in [-0.1, -0.05) is 0 Å². The first-order valence-electron chi connectivity index (χ1n) is 5.02. The van der Waals surface area contributed by atoms with Crippen molar-refractivity contribution in [3.05, 3.63) is 17.7 Å². The first-order valence-corrected chi connectivity index (χ1v) is 6.92. The van der Waals surface area contributed by atoms with Crippen LogP contribution in [0.2, 0.25) is 0 Å². The lowest BCUT2D eigenvalue weighted by Crippen LogP contribution is -2.12. The lowest BCUT2D eigenvalue weighted by molar-refractivity contribution is 0.353. The quantitative estimate of drug-likeness (QED) is 0.876. The van der Waals surface area contributed by atoms with Crippen molar-refractivity contribution in [2.24, 2.45) is 5.73 Å². The topological polar surface area (TPSA) is 78.6 Å². The molecule has 0 spiro atoms. The number of hydrogen-bond acceptors (Lipinski definition) is 5. The molecule has 1 rings (SSSR count). The van der Waals surface area contributed by atoms with Gasteiger partial charge in [-0.2, -0.15) is 0 Å². The average Bonchev–Trinajstić information content (AvgIpc) is 2.25. The number of methoxy groups -OCH3 is 2. The zero-order chi connectivity index (χ0) is 13.2. The van der Waals surface area contributed by atoms with E-state index in [2.05, 4.69) is 0 Å². The molecule has 17 heavy (non-hydrogen) atoms. The van der Waals surface area contributed by atoms with Crippen molar-refractivity contribution in [1.82, 2.24) is 0 Å². The van der Waals surface area contributed by atoms with E-state index in [1.54, 1.807) is 13.0 Å². The Morgan fingerprint density at radius 2 is 1.65 bits per heavy atom. The summed E-state index contributed by atoms with van der Waals surface area (Å²) in [6, 6.07) is 2.63. The molecule has 0 saturated carbocycles. The van der Waals surface area contributed by atoms with Crippen LogP contribution in [0, 0.1) is 0 Å². The molecule has 0 amide bonds. The predicted octanol–water partition coefficient (Wildman–Crippen LogP) is 1.13. The molecular weight excluding hydrogens is 242 g/mol. The minimum absolute atomic E-state index is 0.171. The van der Waals surface area contributed by atoms with Crippen molar-refractivity contribution in [3.8, 4) is 11.5 Å². The standard InChI is InChI=1S/C11H17NO4S/c1-7(12)8-5-9(15-2)10(16-3)6-11(8)17(4,13)14/h5-7H,12H2,1-4H3. The van der Waals surface area contributed by atoms with Gasteiger partial charge in [0, 0.05) is 18.4 Å². The van der Waals surface area contributed by atoms with Crippen LogP contribution in [0.4, 0.5) is 0 Å². The van der Waals surface area contributed by atoms with Crippen LogP contribution in [-0.2, 0) is 9.84 Å². The van der Waals surface area contributed by atoms with Gasteiger partial charge in [-0.3, -0.25) is 0 Å². The van der Waals surface area contributed by atoms with Crippen LogP contribution in [0.1, 0.15) is 18.5 Å². The number of hydrogen-bond donors (Lipinski definition) is 1. The largest absolute Gasteiger partial charge is 0.493 e. The van der Waals surface area contributed by atoms with Gasteiger partial charge in [-0.15, -0.1) is 0 Å². The minimum atomic E-state index is -3.35. The Bertz CT molecular complexity index is 508. The van der Waals surface area contributed by atoms with Gasteiger partial charge >= 0.3 is 0 Å². The minimum Gasteiger partial charge on any atom is -0.493 e. The zero-order valence-electron chi connectivity index (χ0n) is 10.4. The third-order valence-corrected chi connectivity index (χ3v) is 3.56. The summed E-state index contributed by atoms with van der Waals surface area (Å²) in [6.07, 6.45) is 1.14. The Balaban J connectivity index is 3.58. The van der Waals surface area contributed by atoms with E-state index in [0.29, 0.717) is 17.1 Å². The van der Waals surface area contributed by atoms with E-state index in [0.717, 1.165) is 6.26 Å². The fourth-order valence-corrected chi connectivity index (χ4v) is 2.55. The second-order valence-electron chi connectivity index (χ2n) is 3.81. The number of ether oxygens (including phenoxy) is 2. The van der Waals surface area contributed by atoms with Crippen molar-refractivity contribution >= 4 is 9.84 Å². The third-order valence-electron chi connectivity index (χ3n) is 2.41. The molecule has 5 nitrogen and oxygen atoms in total. The molecule has 0 aliphatic rings. The van der Waals surface area contributed by atoms with E-state index in [1.165, 1.54) is 20.3 Å². The van der Waals surface area contributed by atoms with Crippen molar-refractivity contribution in [3.63, 3.8) is 0 Å². The van der Waals surface area contributed by atoms with Crippen LogP contribution >= 0.6 is 0 Å². The molecular formula is C11H17NO4S. The lowest BCUT2D eigenvalue weighted by atomic mass is 10.1. The average molecular weight is 259 g/mol. The number of sulfone groups is 1. The summed E-state index contributed by atoms with van der Waals surface area (Å²) in [5, 5.41) is 0. The molecule has 2 N–H and O–H groups in total. The maximum Gasteiger partial charge on any atom is 0.175 e. The van der Waals surface area contributed by atoms with Gasteiger partial charge < -0.3 is 15.2 Å².